The molecule has 10 nitrogen and oxygen atoms in total. The molecule has 0 aliphatic carbocycles. The first kappa shape index (κ1) is 17.3. The fourth-order valence-electron chi connectivity index (χ4n) is 2.10. The molecule has 0 bridgehead atoms. The highest BCUT2D eigenvalue weighted by Crippen LogP contribution is 2.28. The van der Waals surface area contributed by atoms with Crippen molar-refractivity contribution >= 4 is 11.8 Å². The molecule has 4 atom stereocenters. The molecule has 0 radical (unpaired) electrons. The van der Waals surface area contributed by atoms with Crippen LogP contribution < -0.4 is 11.2 Å². The van der Waals surface area contributed by atoms with Gasteiger partial charge in [-0.3, -0.25) is 20.0 Å². The van der Waals surface area contributed by atoms with E-state index >= 15 is 0 Å². The maximum Gasteiger partial charge on any atom is 0.351 e. The van der Waals surface area contributed by atoms with Crippen LogP contribution in [-0.2, 0) is 14.3 Å². The van der Waals surface area contributed by atoms with E-state index in [1.807, 2.05) is 0 Å². The van der Waals surface area contributed by atoms with Gasteiger partial charge in [0, 0.05) is 6.20 Å². The molecule has 0 spiro atoms. The van der Waals surface area contributed by atoms with Crippen molar-refractivity contribution in [2.75, 3.05) is 12.1 Å². The van der Waals surface area contributed by atoms with E-state index in [9.17, 15) is 19.8 Å². The minimum Gasteiger partial charge on any atom is -0.463 e. The molecule has 1 aliphatic heterocycles. The number of carbonyl (C=O) groups is 1. The maximum absolute atomic E-state index is 11.8. The summed E-state index contributed by atoms with van der Waals surface area (Å²) >= 11 is 0. The number of anilines is 1. The summed E-state index contributed by atoms with van der Waals surface area (Å²) in [5, 5.41) is 28.7. The minimum absolute atomic E-state index is 0.0679. The second-order valence-electron chi connectivity index (χ2n) is 5.45. The Morgan fingerprint density at radius 3 is 2.74 bits per heavy atom. The van der Waals surface area contributed by atoms with Gasteiger partial charge in [-0.2, -0.15) is 4.98 Å². The number of hydrogen-bond acceptors (Lipinski definition) is 9. The Kier molecular flexibility index (Phi) is 5.31. The number of nitrogens with one attached hydrogen (secondary N) is 1. The third-order valence-corrected chi connectivity index (χ3v) is 3.42. The molecule has 23 heavy (non-hydrogen) atoms. The van der Waals surface area contributed by atoms with Gasteiger partial charge < -0.3 is 19.7 Å². The average Bonchev–Trinajstić information content (AvgIpc) is 2.80. The number of hydrogen-bond donors (Lipinski definition) is 4. The number of ether oxygens (including phenoxy) is 2. The van der Waals surface area contributed by atoms with Crippen molar-refractivity contribution in [3.63, 3.8) is 0 Å². The van der Waals surface area contributed by atoms with E-state index in [4.69, 9.17) is 14.7 Å². The summed E-state index contributed by atoms with van der Waals surface area (Å²) in [5.74, 6) is -0.864. The number of aliphatic hydroxyl groups excluding tert-OH is 2. The first-order valence-electron chi connectivity index (χ1n) is 7.02. The summed E-state index contributed by atoms with van der Waals surface area (Å²) in [7, 11) is 0. The second-order valence-corrected chi connectivity index (χ2v) is 5.45. The van der Waals surface area contributed by atoms with E-state index in [0.29, 0.717) is 0 Å². The summed E-state index contributed by atoms with van der Waals surface area (Å²) in [6.07, 6.45) is -3.63. The average molecular weight is 329 g/mol. The van der Waals surface area contributed by atoms with Crippen LogP contribution in [0.3, 0.4) is 0 Å². The van der Waals surface area contributed by atoms with E-state index in [0.717, 1.165) is 4.57 Å². The van der Waals surface area contributed by atoms with Crippen LogP contribution in [-0.4, -0.2) is 55.9 Å². The molecule has 0 unspecified atom stereocenters. The summed E-state index contributed by atoms with van der Waals surface area (Å²) < 4.78 is 11.4. The third kappa shape index (κ3) is 3.67. The molecule has 128 valence electrons. The van der Waals surface area contributed by atoms with E-state index in [1.54, 1.807) is 19.3 Å². The van der Waals surface area contributed by atoms with Gasteiger partial charge >= 0.3 is 11.7 Å². The number of rotatable bonds is 5. The predicted octanol–water partition coefficient (Wildman–Crippen LogP) is -1.14. The Balaban J connectivity index is 2.10. The molecule has 2 heterocycles. The van der Waals surface area contributed by atoms with E-state index in [-0.39, 0.29) is 18.3 Å². The summed E-state index contributed by atoms with van der Waals surface area (Å²) in [6.45, 7) is 3.08. The zero-order valence-electron chi connectivity index (χ0n) is 12.6. The van der Waals surface area contributed by atoms with Crippen LogP contribution in [0.5, 0.6) is 0 Å². The van der Waals surface area contributed by atoms with Gasteiger partial charge in [0.15, 0.2) is 12.0 Å². The SMILES string of the molecule is CC(C)C(=O)OC[C@H]1O[C@@H](n2ccc(NO)nc2=O)[C@@H](O)[C@H]1O. The summed E-state index contributed by atoms with van der Waals surface area (Å²) in [6, 6.07) is 1.29. The van der Waals surface area contributed by atoms with Gasteiger partial charge in [0.2, 0.25) is 0 Å². The molecule has 10 heteroatoms. The van der Waals surface area contributed by atoms with Crippen molar-refractivity contribution in [1.82, 2.24) is 9.55 Å². The lowest BCUT2D eigenvalue weighted by Gasteiger charge is -2.17. The third-order valence-electron chi connectivity index (χ3n) is 3.42. The van der Waals surface area contributed by atoms with Crippen LogP contribution in [0.15, 0.2) is 17.1 Å². The quantitative estimate of drug-likeness (QED) is 0.389. The molecule has 0 aromatic carbocycles. The minimum atomic E-state index is -1.40. The van der Waals surface area contributed by atoms with Gasteiger partial charge in [0.25, 0.3) is 0 Å². The Morgan fingerprint density at radius 2 is 2.17 bits per heavy atom. The molecule has 1 fully saturated rings. The number of carbonyl (C=O) groups excluding carboxylic acids is 1. The van der Waals surface area contributed by atoms with Gasteiger partial charge in [0.1, 0.15) is 24.9 Å². The normalized spacial score (nSPS) is 27.2. The van der Waals surface area contributed by atoms with Crippen molar-refractivity contribution in [2.24, 2.45) is 5.92 Å². The molecule has 1 aromatic heterocycles. The first-order chi connectivity index (χ1) is 10.8. The number of aromatic nitrogens is 2. The van der Waals surface area contributed by atoms with Crippen LogP contribution in [0, 0.1) is 5.92 Å². The fourth-order valence-corrected chi connectivity index (χ4v) is 2.10. The molecule has 1 aromatic rings. The maximum atomic E-state index is 11.8. The van der Waals surface area contributed by atoms with Crippen molar-refractivity contribution in [3.05, 3.63) is 22.7 Å². The van der Waals surface area contributed by atoms with Crippen molar-refractivity contribution in [2.45, 2.75) is 38.4 Å². The van der Waals surface area contributed by atoms with Crippen LogP contribution in [0.4, 0.5) is 5.82 Å². The van der Waals surface area contributed by atoms with Crippen LogP contribution in [0.1, 0.15) is 20.1 Å². The molecule has 0 saturated carbocycles. The van der Waals surface area contributed by atoms with Gasteiger partial charge in [0.05, 0.1) is 5.92 Å². The smallest absolute Gasteiger partial charge is 0.351 e. The van der Waals surface area contributed by atoms with Crippen LogP contribution >= 0.6 is 0 Å². The van der Waals surface area contributed by atoms with Gasteiger partial charge in [-0.15, -0.1) is 0 Å². The molecule has 0 amide bonds. The van der Waals surface area contributed by atoms with Gasteiger partial charge in [-0.1, -0.05) is 13.8 Å². The predicted molar refractivity (Wildman–Crippen MR) is 75.6 cm³/mol. The number of esters is 1. The highest BCUT2D eigenvalue weighted by molar-refractivity contribution is 5.71. The lowest BCUT2D eigenvalue weighted by atomic mass is 10.1. The van der Waals surface area contributed by atoms with E-state index < -0.39 is 36.2 Å². The highest BCUT2D eigenvalue weighted by Gasteiger charge is 2.44. The van der Waals surface area contributed by atoms with E-state index in [1.165, 1.54) is 12.3 Å². The zero-order chi connectivity index (χ0) is 17.1. The van der Waals surface area contributed by atoms with Gasteiger partial charge in [-0.25, -0.2) is 4.79 Å². The second kappa shape index (κ2) is 7.04. The molecule has 1 aliphatic rings. The Bertz CT molecular complexity index is 618. The highest BCUT2D eigenvalue weighted by atomic mass is 16.6. The Morgan fingerprint density at radius 1 is 1.48 bits per heavy atom. The number of aliphatic hydroxyl groups is 2. The summed E-state index contributed by atoms with van der Waals surface area (Å²) in [4.78, 5) is 26.8. The molecule has 1 saturated heterocycles. The van der Waals surface area contributed by atoms with Crippen molar-refractivity contribution in [1.29, 1.82) is 0 Å². The fraction of sp³-hybridized carbons (Fsp3) is 0.615. The molecule has 4 N–H and O–H groups in total. The number of nitrogens with zero attached hydrogens (tertiary/aromatic N) is 2. The molecular formula is C13H19N3O7. The lowest BCUT2D eigenvalue weighted by molar-refractivity contribution is -0.153. The molecule has 2 rings (SSSR count). The van der Waals surface area contributed by atoms with Crippen LogP contribution in [0.25, 0.3) is 0 Å². The van der Waals surface area contributed by atoms with Crippen LogP contribution in [0.2, 0.25) is 0 Å². The molecular weight excluding hydrogens is 310 g/mol. The zero-order valence-corrected chi connectivity index (χ0v) is 12.6. The Labute approximate surface area is 131 Å². The van der Waals surface area contributed by atoms with E-state index in [2.05, 4.69) is 4.98 Å². The van der Waals surface area contributed by atoms with Gasteiger partial charge in [-0.05, 0) is 6.07 Å². The lowest BCUT2D eigenvalue weighted by Crippen LogP contribution is -2.36. The van der Waals surface area contributed by atoms with Crippen molar-refractivity contribution < 1.29 is 29.7 Å². The first-order valence-corrected chi connectivity index (χ1v) is 7.02. The largest absolute Gasteiger partial charge is 0.463 e. The Hall–Kier alpha value is -2.01. The monoisotopic (exact) mass is 329 g/mol. The standard InChI is InChI=1S/C13H19N3O7/c1-6(2)12(19)22-5-7-9(17)10(18)11(23-7)16-4-3-8(15-21)14-13(16)20/h3-4,6-7,9-11,17-18,21H,5H2,1-2H3,(H,14,15,20)/t7-,9+,10+,11-/m1/s1. The topological polar surface area (TPSA) is 143 Å². The summed E-state index contributed by atoms with van der Waals surface area (Å²) in [5.41, 5.74) is 0.931. The van der Waals surface area contributed by atoms with Crippen molar-refractivity contribution in [3.8, 4) is 0 Å².